The second-order valence-corrected chi connectivity index (χ2v) is 3.29. The molecule has 82 valence electrons. The lowest BCUT2D eigenvalue weighted by molar-refractivity contribution is -0.139. The molecule has 0 bridgehead atoms. The molecule has 0 spiro atoms. The molecule has 0 unspecified atom stereocenters. The van der Waals surface area contributed by atoms with Crippen LogP contribution in [-0.2, 0) is 16.1 Å². The highest BCUT2D eigenvalue weighted by atomic mass is 16.5. The lowest BCUT2D eigenvalue weighted by Gasteiger charge is -2.08. The minimum atomic E-state index is -1.01. The topological polar surface area (TPSA) is 66.8 Å². The summed E-state index contributed by atoms with van der Waals surface area (Å²) in [6.45, 7) is 0.509. The zero-order valence-corrected chi connectivity index (χ0v) is 8.51. The van der Waals surface area contributed by atoms with Gasteiger partial charge in [-0.25, -0.2) is 0 Å². The van der Waals surface area contributed by atoms with E-state index in [2.05, 4.69) is 0 Å². The van der Waals surface area contributed by atoms with Crippen LogP contribution in [0.4, 0.5) is 0 Å². The predicted molar refractivity (Wildman–Crippen MR) is 54.4 cm³/mol. The van der Waals surface area contributed by atoms with E-state index in [1.54, 1.807) is 19.2 Å². The van der Waals surface area contributed by atoms with Gasteiger partial charge in [-0.05, 0) is 11.1 Å². The van der Waals surface area contributed by atoms with Crippen LogP contribution in [0, 0.1) is 0 Å². The van der Waals surface area contributed by atoms with Gasteiger partial charge in [0.25, 0.3) is 0 Å². The van der Waals surface area contributed by atoms with Gasteiger partial charge >= 0.3 is 5.97 Å². The fraction of sp³-hybridized carbons (Fsp3) is 0.364. The van der Waals surface area contributed by atoms with E-state index in [0.29, 0.717) is 12.2 Å². The molecule has 0 aliphatic carbocycles. The number of aliphatic hydroxyl groups is 1. The van der Waals surface area contributed by atoms with Crippen molar-refractivity contribution >= 4 is 5.97 Å². The van der Waals surface area contributed by atoms with Crippen molar-refractivity contribution < 1.29 is 19.7 Å². The molecule has 0 aromatic heterocycles. The summed E-state index contributed by atoms with van der Waals surface area (Å²) < 4.78 is 4.94. The van der Waals surface area contributed by atoms with Crippen LogP contribution >= 0.6 is 0 Å². The molecule has 0 radical (unpaired) electrons. The summed E-state index contributed by atoms with van der Waals surface area (Å²) in [6.07, 6.45) is -1.22. The Balaban J connectivity index is 2.66. The van der Waals surface area contributed by atoms with E-state index in [4.69, 9.17) is 9.84 Å². The van der Waals surface area contributed by atoms with E-state index < -0.39 is 12.1 Å². The van der Waals surface area contributed by atoms with Crippen molar-refractivity contribution in [1.29, 1.82) is 0 Å². The molecule has 0 aliphatic heterocycles. The van der Waals surface area contributed by atoms with Gasteiger partial charge in [-0.1, -0.05) is 24.3 Å². The zero-order chi connectivity index (χ0) is 11.3. The lowest BCUT2D eigenvalue weighted by atomic mass is 10.1. The quantitative estimate of drug-likeness (QED) is 0.769. The molecular formula is C11H14O4. The van der Waals surface area contributed by atoms with Crippen LogP contribution in [0.15, 0.2) is 24.3 Å². The van der Waals surface area contributed by atoms with Crippen LogP contribution in [0.3, 0.4) is 0 Å². The molecule has 0 saturated heterocycles. The Morgan fingerprint density at radius 2 is 2.00 bits per heavy atom. The number of rotatable bonds is 5. The normalized spacial score (nSPS) is 12.4. The largest absolute Gasteiger partial charge is 0.481 e. The van der Waals surface area contributed by atoms with Crippen molar-refractivity contribution in [2.24, 2.45) is 0 Å². The number of ether oxygens (including phenoxy) is 1. The average molecular weight is 210 g/mol. The van der Waals surface area contributed by atoms with E-state index >= 15 is 0 Å². The van der Waals surface area contributed by atoms with Crippen molar-refractivity contribution in [2.75, 3.05) is 7.11 Å². The van der Waals surface area contributed by atoms with Gasteiger partial charge < -0.3 is 14.9 Å². The van der Waals surface area contributed by atoms with E-state index in [9.17, 15) is 9.90 Å². The number of benzene rings is 1. The maximum absolute atomic E-state index is 10.4. The third kappa shape index (κ3) is 3.69. The molecule has 0 amide bonds. The number of carboxylic acid groups (broad SMARTS) is 1. The van der Waals surface area contributed by atoms with Gasteiger partial charge in [0.15, 0.2) is 0 Å². The zero-order valence-electron chi connectivity index (χ0n) is 8.51. The van der Waals surface area contributed by atoms with Crippen LogP contribution in [0.1, 0.15) is 23.7 Å². The fourth-order valence-corrected chi connectivity index (χ4v) is 1.29. The molecule has 0 aliphatic rings. The monoisotopic (exact) mass is 210 g/mol. The summed E-state index contributed by atoms with van der Waals surface area (Å²) in [4.78, 5) is 10.4. The molecule has 2 N–H and O–H groups in total. The second-order valence-electron chi connectivity index (χ2n) is 3.29. The third-order valence-electron chi connectivity index (χ3n) is 2.04. The molecule has 0 fully saturated rings. The molecule has 1 aromatic carbocycles. The van der Waals surface area contributed by atoms with Crippen molar-refractivity contribution in [3.8, 4) is 0 Å². The summed E-state index contributed by atoms with van der Waals surface area (Å²) in [7, 11) is 1.60. The standard InChI is InChI=1S/C11H14O4/c1-15-7-8-2-4-9(5-3-8)10(12)6-11(13)14/h2-5,10,12H,6-7H2,1H3,(H,13,14)/t10-/m0/s1. The number of methoxy groups -OCH3 is 1. The highest BCUT2D eigenvalue weighted by molar-refractivity contribution is 5.67. The second kappa shape index (κ2) is 5.48. The first-order chi connectivity index (χ1) is 7.13. The number of carboxylic acids is 1. The lowest BCUT2D eigenvalue weighted by Crippen LogP contribution is -2.05. The Bertz CT molecular complexity index is 318. The number of aliphatic carboxylic acids is 1. The smallest absolute Gasteiger partial charge is 0.306 e. The summed E-state index contributed by atoms with van der Waals surface area (Å²) in [5.74, 6) is -1.01. The van der Waals surface area contributed by atoms with Crippen molar-refractivity contribution in [2.45, 2.75) is 19.1 Å². The third-order valence-corrected chi connectivity index (χ3v) is 2.04. The van der Waals surface area contributed by atoms with Crippen molar-refractivity contribution in [3.63, 3.8) is 0 Å². The van der Waals surface area contributed by atoms with Gasteiger partial charge in [0.2, 0.25) is 0 Å². The van der Waals surface area contributed by atoms with Gasteiger partial charge in [0, 0.05) is 7.11 Å². The van der Waals surface area contributed by atoms with E-state index in [0.717, 1.165) is 5.56 Å². The molecule has 4 heteroatoms. The van der Waals surface area contributed by atoms with Crippen LogP contribution in [-0.4, -0.2) is 23.3 Å². The maximum atomic E-state index is 10.4. The summed E-state index contributed by atoms with van der Waals surface area (Å²) in [6, 6.07) is 7.04. The molecule has 0 saturated carbocycles. The van der Waals surface area contributed by atoms with E-state index in [1.807, 2.05) is 12.1 Å². The highest BCUT2D eigenvalue weighted by Crippen LogP contribution is 2.17. The Labute approximate surface area is 88.1 Å². The Morgan fingerprint density at radius 3 is 2.47 bits per heavy atom. The minimum absolute atomic E-state index is 0.274. The summed E-state index contributed by atoms with van der Waals surface area (Å²) in [5, 5.41) is 18.0. The predicted octanol–water partition coefficient (Wildman–Crippen LogP) is 1.34. The van der Waals surface area contributed by atoms with E-state index in [-0.39, 0.29) is 6.42 Å². The fourth-order valence-electron chi connectivity index (χ4n) is 1.29. The number of hydrogen-bond donors (Lipinski definition) is 2. The number of hydrogen-bond acceptors (Lipinski definition) is 3. The van der Waals surface area contributed by atoms with E-state index in [1.165, 1.54) is 0 Å². The first-order valence-corrected chi connectivity index (χ1v) is 4.61. The van der Waals surface area contributed by atoms with Gasteiger partial charge in [-0.15, -0.1) is 0 Å². The molecule has 1 rings (SSSR count). The van der Waals surface area contributed by atoms with Gasteiger partial charge in [0.1, 0.15) is 0 Å². The van der Waals surface area contributed by atoms with Gasteiger partial charge in [0.05, 0.1) is 19.1 Å². The first-order valence-electron chi connectivity index (χ1n) is 4.61. The number of carbonyl (C=O) groups is 1. The Hall–Kier alpha value is -1.39. The molecule has 15 heavy (non-hydrogen) atoms. The number of aliphatic hydroxyl groups excluding tert-OH is 1. The van der Waals surface area contributed by atoms with Crippen LogP contribution in [0.25, 0.3) is 0 Å². The SMILES string of the molecule is COCc1ccc([C@@H](O)CC(=O)O)cc1. The van der Waals surface area contributed by atoms with Gasteiger partial charge in [-0.3, -0.25) is 4.79 Å². The van der Waals surface area contributed by atoms with Crippen LogP contribution in [0.5, 0.6) is 0 Å². The van der Waals surface area contributed by atoms with Crippen molar-refractivity contribution in [1.82, 2.24) is 0 Å². The average Bonchev–Trinajstić information content (AvgIpc) is 2.18. The Morgan fingerprint density at radius 1 is 1.40 bits per heavy atom. The van der Waals surface area contributed by atoms with Crippen molar-refractivity contribution in [3.05, 3.63) is 35.4 Å². The molecule has 4 nitrogen and oxygen atoms in total. The Kier molecular flexibility index (Phi) is 4.27. The first kappa shape index (κ1) is 11.7. The minimum Gasteiger partial charge on any atom is -0.481 e. The van der Waals surface area contributed by atoms with Gasteiger partial charge in [-0.2, -0.15) is 0 Å². The van der Waals surface area contributed by atoms with Crippen LogP contribution in [0.2, 0.25) is 0 Å². The molecule has 0 heterocycles. The molecular weight excluding hydrogens is 196 g/mol. The summed E-state index contributed by atoms with van der Waals surface area (Å²) in [5.41, 5.74) is 1.60. The molecule has 1 aromatic rings. The highest BCUT2D eigenvalue weighted by Gasteiger charge is 2.11. The molecule has 1 atom stereocenters. The maximum Gasteiger partial charge on any atom is 0.306 e. The summed E-state index contributed by atoms with van der Waals surface area (Å²) >= 11 is 0. The van der Waals surface area contributed by atoms with Crippen LogP contribution < -0.4 is 0 Å².